The van der Waals surface area contributed by atoms with Gasteiger partial charge in [0.15, 0.2) is 0 Å². The standard InChI is InChI=1S/C19H37NSi/c1-16(2,3)15-12-13-19(14-15,17(4,5)6)21(10,11)20-18(7,8)9/h12-14,20H,1-11H3. The molecule has 1 unspecified atom stereocenters. The molecule has 0 amide bonds. The summed E-state index contributed by atoms with van der Waals surface area (Å²) in [5, 5.41) is 0.149. The Kier molecular flexibility index (Phi) is 4.54. The fourth-order valence-electron chi connectivity index (χ4n) is 3.86. The van der Waals surface area contributed by atoms with Crippen LogP contribution in [0.2, 0.25) is 18.1 Å². The van der Waals surface area contributed by atoms with Crippen molar-refractivity contribution in [3.8, 4) is 0 Å². The normalized spacial score (nSPS) is 24.4. The van der Waals surface area contributed by atoms with E-state index in [0.29, 0.717) is 0 Å². The zero-order chi connectivity index (χ0) is 16.9. The van der Waals surface area contributed by atoms with E-state index in [-0.39, 0.29) is 21.4 Å². The molecular weight excluding hydrogens is 270 g/mol. The van der Waals surface area contributed by atoms with Crippen LogP contribution >= 0.6 is 0 Å². The van der Waals surface area contributed by atoms with Crippen molar-refractivity contribution in [1.29, 1.82) is 0 Å². The third kappa shape index (κ3) is 3.71. The SMILES string of the molecule is CC(C)(C)N[Si](C)(C)C1(C(C)(C)C)C=CC(C(C)(C)C)=C1. The molecule has 0 bridgehead atoms. The van der Waals surface area contributed by atoms with Crippen molar-refractivity contribution in [3.63, 3.8) is 0 Å². The Balaban J connectivity index is 3.41. The zero-order valence-electron chi connectivity index (χ0n) is 16.2. The Labute approximate surface area is 134 Å². The van der Waals surface area contributed by atoms with Crippen LogP contribution in [0.3, 0.4) is 0 Å². The molecule has 0 aromatic carbocycles. The maximum absolute atomic E-state index is 4.00. The van der Waals surface area contributed by atoms with Crippen molar-refractivity contribution in [2.24, 2.45) is 10.8 Å². The van der Waals surface area contributed by atoms with Crippen LogP contribution in [0.1, 0.15) is 62.3 Å². The first-order valence-corrected chi connectivity index (χ1v) is 11.2. The van der Waals surface area contributed by atoms with Crippen LogP contribution in [-0.4, -0.2) is 13.8 Å². The lowest BCUT2D eigenvalue weighted by Crippen LogP contribution is -2.63. The molecule has 0 saturated heterocycles. The second-order valence-electron chi connectivity index (χ2n) is 10.3. The number of hydrogen-bond donors (Lipinski definition) is 1. The van der Waals surface area contributed by atoms with Crippen LogP contribution in [0.15, 0.2) is 23.8 Å². The molecule has 2 heteroatoms. The minimum Gasteiger partial charge on any atom is -0.332 e. The van der Waals surface area contributed by atoms with E-state index in [1.165, 1.54) is 5.57 Å². The first kappa shape index (κ1) is 18.7. The minimum atomic E-state index is -1.73. The predicted octanol–water partition coefficient (Wildman–Crippen LogP) is 5.91. The van der Waals surface area contributed by atoms with E-state index in [4.69, 9.17) is 0 Å². The Morgan fingerprint density at radius 3 is 1.67 bits per heavy atom. The molecule has 1 nitrogen and oxygen atoms in total. The number of hydrogen-bond acceptors (Lipinski definition) is 1. The van der Waals surface area contributed by atoms with E-state index in [1.807, 2.05) is 0 Å². The zero-order valence-corrected chi connectivity index (χ0v) is 17.2. The van der Waals surface area contributed by atoms with Crippen LogP contribution in [0.5, 0.6) is 0 Å². The van der Waals surface area contributed by atoms with E-state index in [2.05, 4.69) is 98.6 Å². The molecule has 0 aromatic heterocycles. The molecule has 1 N–H and O–H groups in total. The number of rotatable bonds is 2. The van der Waals surface area contributed by atoms with E-state index in [1.54, 1.807) is 0 Å². The second-order valence-corrected chi connectivity index (χ2v) is 14.6. The summed E-state index contributed by atoms with van der Waals surface area (Å²) in [6.07, 6.45) is 7.46. The van der Waals surface area contributed by atoms with E-state index in [0.717, 1.165) is 0 Å². The third-order valence-corrected chi connectivity index (χ3v) is 9.24. The van der Waals surface area contributed by atoms with Gasteiger partial charge in [0.25, 0.3) is 0 Å². The largest absolute Gasteiger partial charge is 0.332 e. The molecule has 0 saturated carbocycles. The molecule has 0 fully saturated rings. The van der Waals surface area contributed by atoms with Gasteiger partial charge in [-0.3, -0.25) is 0 Å². The lowest BCUT2D eigenvalue weighted by Gasteiger charge is -2.52. The van der Waals surface area contributed by atoms with Crippen molar-refractivity contribution in [1.82, 2.24) is 4.98 Å². The Bertz CT molecular complexity index is 449. The molecular formula is C19H37NSi. The molecule has 0 spiro atoms. The monoisotopic (exact) mass is 307 g/mol. The van der Waals surface area contributed by atoms with E-state index >= 15 is 0 Å². The molecule has 1 rings (SSSR count). The molecule has 0 heterocycles. The molecule has 122 valence electrons. The molecule has 1 aliphatic rings. The Morgan fingerprint density at radius 2 is 1.38 bits per heavy atom. The van der Waals surface area contributed by atoms with Gasteiger partial charge in [0.2, 0.25) is 0 Å². The second kappa shape index (κ2) is 5.09. The highest BCUT2D eigenvalue weighted by Gasteiger charge is 2.54. The van der Waals surface area contributed by atoms with Crippen molar-refractivity contribution in [3.05, 3.63) is 23.8 Å². The van der Waals surface area contributed by atoms with Gasteiger partial charge < -0.3 is 4.98 Å². The summed E-state index contributed by atoms with van der Waals surface area (Å²) < 4.78 is 0. The van der Waals surface area contributed by atoms with Gasteiger partial charge in [0.1, 0.15) is 8.24 Å². The quantitative estimate of drug-likeness (QED) is 0.625. The van der Waals surface area contributed by atoms with Gasteiger partial charge in [-0.2, -0.15) is 0 Å². The molecule has 1 aliphatic carbocycles. The summed E-state index contributed by atoms with van der Waals surface area (Å²) in [7, 11) is -1.73. The smallest absolute Gasteiger partial charge is 0.134 e. The van der Waals surface area contributed by atoms with Crippen molar-refractivity contribution in [2.45, 2.75) is 86.0 Å². The maximum Gasteiger partial charge on any atom is 0.134 e. The van der Waals surface area contributed by atoms with Gasteiger partial charge in [0.05, 0.1) is 0 Å². The maximum atomic E-state index is 4.00. The van der Waals surface area contributed by atoms with Gasteiger partial charge in [-0.05, 0) is 37.2 Å². The third-order valence-electron chi connectivity index (χ3n) is 4.74. The summed E-state index contributed by atoms with van der Waals surface area (Å²) in [5.41, 5.74) is 2.06. The van der Waals surface area contributed by atoms with Gasteiger partial charge in [-0.15, -0.1) is 0 Å². The molecule has 1 atom stereocenters. The highest BCUT2D eigenvalue weighted by Crippen LogP contribution is 2.59. The molecule has 0 aromatic rings. The highest BCUT2D eigenvalue weighted by molar-refractivity contribution is 6.79. The van der Waals surface area contributed by atoms with Gasteiger partial charge in [-0.1, -0.05) is 72.9 Å². The van der Waals surface area contributed by atoms with Crippen molar-refractivity contribution >= 4 is 8.24 Å². The average Bonchev–Trinajstić information content (AvgIpc) is 2.56. The van der Waals surface area contributed by atoms with Crippen LogP contribution < -0.4 is 4.98 Å². The summed E-state index contributed by atoms with van der Waals surface area (Å²) in [4.78, 5) is 4.00. The molecule has 21 heavy (non-hydrogen) atoms. The summed E-state index contributed by atoms with van der Waals surface area (Å²) >= 11 is 0. The van der Waals surface area contributed by atoms with Crippen molar-refractivity contribution in [2.75, 3.05) is 0 Å². The first-order valence-electron chi connectivity index (χ1n) is 8.24. The fourth-order valence-corrected chi connectivity index (χ4v) is 8.84. The summed E-state index contributed by atoms with van der Waals surface area (Å²) in [5.74, 6) is 0. The minimum absolute atomic E-state index is 0.149. The fraction of sp³-hybridized carbons (Fsp3) is 0.789. The average molecular weight is 308 g/mol. The van der Waals surface area contributed by atoms with Crippen LogP contribution in [-0.2, 0) is 0 Å². The Hall–Kier alpha value is -0.343. The summed E-state index contributed by atoms with van der Waals surface area (Å²) in [6.45, 7) is 25.9. The number of nitrogens with one attached hydrogen (secondary N) is 1. The lowest BCUT2D eigenvalue weighted by molar-refractivity contribution is 0.337. The topological polar surface area (TPSA) is 12.0 Å². The van der Waals surface area contributed by atoms with E-state index < -0.39 is 8.24 Å². The number of allylic oxidation sites excluding steroid dienone is 4. The molecule has 0 radical (unpaired) electrons. The highest BCUT2D eigenvalue weighted by atomic mass is 28.3. The Morgan fingerprint density at radius 1 is 0.905 bits per heavy atom. The van der Waals surface area contributed by atoms with Crippen LogP contribution in [0, 0.1) is 10.8 Å². The predicted molar refractivity (Wildman–Crippen MR) is 99.2 cm³/mol. The van der Waals surface area contributed by atoms with E-state index in [9.17, 15) is 0 Å². The van der Waals surface area contributed by atoms with Gasteiger partial charge >= 0.3 is 0 Å². The lowest BCUT2D eigenvalue weighted by atomic mass is 9.79. The summed E-state index contributed by atoms with van der Waals surface area (Å²) in [6, 6.07) is 0. The van der Waals surface area contributed by atoms with Crippen molar-refractivity contribution < 1.29 is 0 Å². The van der Waals surface area contributed by atoms with Crippen LogP contribution in [0.25, 0.3) is 0 Å². The first-order chi connectivity index (χ1) is 9.02. The molecule has 0 aliphatic heterocycles. The van der Waals surface area contributed by atoms with Gasteiger partial charge in [0, 0.05) is 10.6 Å². The van der Waals surface area contributed by atoms with Crippen LogP contribution in [0.4, 0.5) is 0 Å². The van der Waals surface area contributed by atoms with Gasteiger partial charge in [-0.25, -0.2) is 0 Å².